The van der Waals surface area contributed by atoms with Crippen molar-refractivity contribution in [1.82, 2.24) is 15.0 Å². The second-order valence-corrected chi connectivity index (χ2v) is 18.4. The topological polar surface area (TPSA) is 66.0 Å². The summed E-state index contributed by atoms with van der Waals surface area (Å²) in [5.74, 6) is 5.44. The summed E-state index contributed by atoms with van der Waals surface area (Å²) < 4.78 is 0. The van der Waals surface area contributed by atoms with Crippen LogP contribution in [0.3, 0.4) is 0 Å². The Balaban J connectivity index is 1.88. The molecule has 0 radical (unpaired) electrons. The van der Waals surface area contributed by atoms with Crippen molar-refractivity contribution >= 4 is 17.8 Å². The van der Waals surface area contributed by atoms with Gasteiger partial charge in [-0.2, -0.15) is 15.0 Å². The van der Waals surface area contributed by atoms with Gasteiger partial charge in [0.2, 0.25) is 17.8 Å². The maximum Gasteiger partial charge on any atom is 0.232 e. The zero-order valence-corrected chi connectivity index (χ0v) is 28.7. The van der Waals surface area contributed by atoms with Crippen LogP contribution in [0.15, 0.2) is 0 Å². The third-order valence-corrected chi connectivity index (χ3v) is 12.4. The number of rotatable bonds is 7. The number of nitrogens with zero attached hydrogens (tertiary/aromatic N) is 4. The van der Waals surface area contributed by atoms with Gasteiger partial charge in [0.1, 0.15) is 0 Å². The van der Waals surface area contributed by atoms with Crippen LogP contribution in [0.2, 0.25) is 0 Å². The Morgan fingerprint density at radius 2 is 0.900 bits per heavy atom. The average molecular weight is 555 g/mol. The van der Waals surface area contributed by atoms with E-state index >= 15 is 0 Å². The molecule has 6 nitrogen and oxygen atoms in total. The van der Waals surface area contributed by atoms with Gasteiger partial charge in [0, 0.05) is 22.7 Å². The van der Waals surface area contributed by atoms with Crippen molar-refractivity contribution in [1.29, 1.82) is 0 Å². The highest BCUT2D eigenvalue weighted by atomic mass is 15.4. The van der Waals surface area contributed by atoms with Crippen molar-refractivity contribution < 1.29 is 0 Å². The normalized spacial score (nSPS) is 27.6. The van der Waals surface area contributed by atoms with Crippen LogP contribution in [0, 0.1) is 39.9 Å². The fourth-order valence-electron chi connectivity index (χ4n) is 6.95. The van der Waals surface area contributed by atoms with Crippen LogP contribution in [-0.2, 0) is 0 Å². The van der Waals surface area contributed by atoms with E-state index in [1.807, 2.05) is 0 Å². The fourth-order valence-corrected chi connectivity index (χ4v) is 6.95. The molecule has 0 aromatic carbocycles. The van der Waals surface area contributed by atoms with Gasteiger partial charge in [0.15, 0.2) is 0 Å². The lowest BCUT2D eigenvalue weighted by Gasteiger charge is -2.61. The van der Waals surface area contributed by atoms with E-state index in [0.717, 1.165) is 29.6 Å². The van der Waals surface area contributed by atoms with Crippen LogP contribution in [0.25, 0.3) is 0 Å². The van der Waals surface area contributed by atoms with Crippen LogP contribution >= 0.6 is 0 Å². The molecule has 1 aromatic heterocycles. The van der Waals surface area contributed by atoms with Gasteiger partial charge in [0.25, 0.3) is 0 Å². The molecule has 2 N–H and O–H groups in total. The summed E-state index contributed by atoms with van der Waals surface area (Å²) in [4.78, 5) is 18.3. The Morgan fingerprint density at radius 1 is 0.525 bits per heavy atom. The van der Waals surface area contributed by atoms with Crippen molar-refractivity contribution in [3.05, 3.63) is 0 Å². The Hall–Kier alpha value is -1.59. The molecule has 40 heavy (non-hydrogen) atoms. The zero-order valence-electron chi connectivity index (χ0n) is 28.7. The highest BCUT2D eigenvalue weighted by Crippen LogP contribution is 2.57. The summed E-state index contributed by atoms with van der Waals surface area (Å²) in [7, 11) is 0. The van der Waals surface area contributed by atoms with Gasteiger partial charge >= 0.3 is 0 Å². The quantitative estimate of drug-likeness (QED) is 0.351. The van der Waals surface area contributed by atoms with E-state index in [9.17, 15) is 0 Å². The number of hydrogen-bond acceptors (Lipinski definition) is 6. The number of hydrogen-bond donors (Lipinski definition) is 2. The van der Waals surface area contributed by atoms with Crippen LogP contribution in [-0.4, -0.2) is 37.6 Å². The minimum atomic E-state index is -0.213. The zero-order chi connectivity index (χ0) is 30.3. The lowest BCUT2D eigenvalue weighted by molar-refractivity contribution is -0.0161. The summed E-state index contributed by atoms with van der Waals surface area (Å²) in [6, 6.07) is 0.469. The van der Waals surface area contributed by atoms with Gasteiger partial charge < -0.3 is 15.5 Å². The Bertz CT molecular complexity index is 991. The third-order valence-electron chi connectivity index (χ3n) is 12.4. The summed E-state index contributed by atoms with van der Waals surface area (Å²) in [5.41, 5.74) is -0.508. The molecule has 1 aromatic rings. The molecular formula is C34H62N6. The molecule has 5 rings (SSSR count). The molecule has 4 saturated carbocycles. The third kappa shape index (κ3) is 5.71. The van der Waals surface area contributed by atoms with Crippen molar-refractivity contribution in [2.75, 3.05) is 15.5 Å². The predicted molar refractivity (Wildman–Crippen MR) is 171 cm³/mol. The fraction of sp³-hybridized carbons (Fsp3) is 0.912. The molecule has 6 heteroatoms. The van der Waals surface area contributed by atoms with E-state index in [1.165, 1.54) is 32.1 Å². The van der Waals surface area contributed by atoms with E-state index in [1.54, 1.807) is 0 Å². The molecular weight excluding hydrogens is 492 g/mol. The molecule has 4 aliphatic rings. The second kappa shape index (κ2) is 9.73. The van der Waals surface area contributed by atoms with Gasteiger partial charge in [0.05, 0.1) is 0 Å². The molecule has 0 atom stereocenters. The summed E-state index contributed by atoms with van der Waals surface area (Å²) in [6.07, 6.45) is 6.92. The van der Waals surface area contributed by atoms with Crippen molar-refractivity contribution in [2.45, 2.75) is 159 Å². The van der Waals surface area contributed by atoms with Gasteiger partial charge in [-0.1, -0.05) is 62.3 Å². The first-order valence-electron chi connectivity index (χ1n) is 16.0. The molecule has 4 aliphatic carbocycles. The Labute approximate surface area is 246 Å². The molecule has 0 aliphatic heterocycles. The van der Waals surface area contributed by atoms with E-state index in [4.69, 9.17) is 15.0 Å². The van der Waals surface area contributed by atoms with Gasteiger partial charge in [-0.3, -0.25) is 0 Å². The number of aromatic nitrogens is 3. The van der Waals surface area contributed by atoms with Crippen LogP contribution < -0.4 is 15.5 Å². The summed E-state index contributed by atoms with van der Waals surface area (Å²) in [6.45, 7) is 34.6. The van der Waals surface area contributed by atoms with Gasteiger partial charge in [-0.05, 0) is 114 Å². The molecule has 228 valence electrons. The van der Waals surface area contributed by atoms with E-state index in [0.29, 0.717) is 17.9 Å². The van der Waals surface area contributed by atoms with E-state index < -0.39 is 0 Å². The van der Waals surface area contributed by atoms with Crippen molar-refractivity contribution in [3.63, 3.8) is 0 Å². The van der Waals surface area contributed by atoms with Crippen molar-refractivity contribution in [2.24, 2.45) is 39.9 Å². The van der Waals surface area contributed by atoms with E-state index in [2.05, 4.69) is 119 Å². The first kappa shape index (κ1) is 31.3. The minimum Gasteiger partial charge on any atom is -0.349 e. The Morgan fingerprint density at radius 3 is 1.23 bits per heavy atom. The smallest absolute Gasteiger partial charge is 0.232 e. The Kier molecular flexibility index (Phi) is 7.62. The molecule has 4 fully saturated rings. The first-order chi connectivity index (χ1) is 17.9. The van der Waals surface area contributed by atoms with Crippen LogP contribution in [0.1, 0.15) is 136 Å². The predicted octanol–water partition coefficient (Wildman–Crippen LogP) is 8.80. The van der Waals surface area contributed by atoms with E-state index in [-0.39, 0.29) is 32.9 Å². The highest BCUT2D eigenvalue weighted by molar-refractivity contribution is 5.49. The molecule has 0 saturated heterocycles. The standard InChI is InChI=1S/C34H62N6/c1-29(2,3)32(10,11)38-26-35-27(39-33(12,13)30(4,5)6)37-28(36-26)40(34(14,15)31(7,8)9)25-23-17-21-16-22(19-23)20-24(25)18-21/h21-25H,16-20H2,1-15H3,(H2,35,36,37,38,39). The van der Waals surface area contributed by atoms with Crippen LogP contribution in [0.5, 0.6) is 0 Å². The van der Waals surface area contributed by atoms with Crippen molar-refractivity contribution in [3.8, 4) is 0 Å². The van der Waals surface area contributed by atoms with Gasteiger partial charge in [-0.25, -0.2) is 0 Å². The maximum absolute atomic E-state index is 5.29. The molecule has 0 amide bonds. The summed E-state index contributed by atoms with van der Waals surface area (Å²) in [5, 5.41) is 7.49. The SMILES string of the molecule is CC(C)(C)C(C)(C)Nc1nc(NC(C)(C)C(C)(C)C)nc(N(C2C3CC4CC(C3)CC2C4)C(C)(C)C(C)(C)C)n1. The number of anilines is 3. The lowest BCUT2D eigenvalue weighted by atomic mass is 9.53. The highest BCUT2D eigenvalue weighted by Gasteiger charge is 2.55. The summed E-state index contributed by atoms with van der Waals surface area (Å²) >= 11 is 0. The largest absolute Gasteiger partial charge is 0.349 e. The molecule has 4 bridgehead atoms. The lowest BCUT2D eigenvalue weighted by Crippen LogP contribution is -2.65. The average Bonchev–Trinajstić information content (AvgIpc) is 2.72. The monoisotopic (exact) mass is 555 g/mol. The molecule has 0 spiro atoms. The van der Waals surface area contributed by atoms with Gasteiger partial charge in [-0.15, -0.1) is 0 Å². The molecule has 0 unspecified atom stereocenters. The first-order valence-corrected chi connectivity index (χ1v) is 16.0. The maximum atomic E-state index is 5.29. The number of nitrogens with one attached hydrogen (secondary N) is 2. The van der Waals surface area contributed by atoms with Crippen LogP contribution in [0.4, 0.5) is 17.8 Å². The second-order valence-electron chi connectivity index (χ2n) is 18.4. The molecule has 1 heterocycles. The minimum absolute atomic E-state index is 0.0177.